The predicted octanol–water partition coefficient (Wildman–Crippen LogP) is 5.31. The number of halogens is 1. The van der Waals surface area contributed by atoms with Crippen molar-refractivity contribution in [2.45, 2.75) is 71.1 Å². The first-order valence-electron chi connectivity index (χ1n) is 9.26. The third-order valence-corrected chi connectivity index (χ3v) is 4.88. The van der Waals surface area contributed by atoms with Gasteiger partial charge in [0.2, 0.25) is 0 Å². The van der Waals surface area contributed by atoms with Gasteiger partial charge < -0.3 is 14.6 Å². The Morgan fingerprint density at radius 3 is 2.23 bits per heavy atom. The molecule has 0 saturated heterocycles. The van der Waals surface area contributed by atoms with E-state index in [2.05, 4.69) is 22.9 Å². The van der Waals surface area contributed by atoms with Crippen LogP contribution in [0.25, 0.3) is 0 Å². The minimum Gasteiger partial charge on any atom is -0.504 e. The highest BCUT2D eigenvalue weighted by Crippen LogP contribution is 2.32. The highest BCUT2D eigenvalue weighted by molar-refractivity contribution is 9.10. The Morgan fingerprint density at radius 1 is 1.00 bits per heavy atom. The molecule has 0 aromatic heterocycles. The van der Waals surface area contributed by atoms with Crippen LogP contribution in [0.2, 0.25) is 0 Å². The van der Waals surface area contributed by atoms with E-state index in [1.165, 1.54) is 45.3 Å². The summed E-state index contributed by atoms with van der Waals surface area (Å²) < 4.78 is 10.4. The first-order chi connectivity index (χ1) is 12.5. The van der Waals surface area contributed by atoms with Gasteiger partial charge in [-0.2, -0.15) is 0 Å². The average Bonchev–Trinajstić information content (AvgIpc) is 2.59. The number of rotatable bonds is 12. The maximum atomic E-state index is 11.9. The van der Waals surface area contributed by atoms with E-state index in [-0.39, 0.29) is 24.3 Å². The Bertz CT molecular complexity index is 586. The maximum absolute atomic E-state index is 11.9. The summed E-state index contributed by atoms with van der Waals surface area (Å²) in [6.07, 6.45) is 9.31. The molecule has 6 heteroatoms. The molecule has 0 amide bonds. The summed E-state index contributed by atoms with van der Waals surface area (Å²) >= 11 is 3.28. The van der Waals surface area contributed by atoms with Gasteiger partial charge in [-0.3, -0.25) is 9.59 Å². The number of hydrogen-bond donors (Lipinski definition) is 1. The SMILES string of the molecule is CCCCCCCCCCC(=O)OC(=O)Cc1cc(OC)c(O)cc1Br. The molecular formula is C20H29BrO5. The summed E-state index contributed by atoms with van der Waals surface area (Å²) in [5.74, 6) is -0.852. The van der Waals surface area contributed by atoms with Gasteiger partial charge in [0.1, 0.15) is 0 Å². The molecule has 1 rings (SSSR count). The lowest BCUT2D eigenvalue weighted by molar-refractivity contribution is -0.159. The van der Waals surface area contributed by atoms with Gasteiger partial charge >= 0.3 is 11.9 Å². The van der Waals surface area contributed by atoms with Crippen molar-refractivity contribution in [3.63, 3.8) is 0 Å². The highest BCUT2D eigenvalue weighted by Gasteiger charge is 2.15. The fourth-order valence-corrected chi connectivity index (χ4v) is 3.13. The number of carbonyl (C=O) groups excluding carboxylic acids is 2. The molecule has 0 fully saturated rings. The van der Waals surface area contributed by atoms with Crippen molar-refractivity contribution in [3.05, 3.63) is 22.2 Å². The zero-order valence-electron chi connectivity index (χ0n) is 15.7. The number of aromatic hydroxyl groups is 1. The molecule has 0 aliphatic heterocycles. The fourth-order valence-electron chi connectivity index (χ4n) is 2.66. The lowest BCUT2D eigenvalue weighted by Crippen LogP contribution is -2.14. The van der Waals surface area contributed by atoms with Gasteiger partial charge in [0.15, 0.2) is 11.5 Å². The van der Waals surface area contributed by atoms with Crippen molar-refractivity contribution in [2.24, 2.45) is 0 Å². The first kappa shape index (κ1) is 22.5. The number of esters is 2. The van der Waals surface area contributed by atoms with Crippen molar-refractivity contribution in [1.29, 1.82) is 0 Å². The molecule has 1 N–H and O–H groups in total. The van der Waals surface area contributed by atoms with Gasteiger partial charge in [-0.05, 0) is 24.1 Å². The van der Waals surface area contributed by atoms with Gasteiger partial charge in [-0.1, -0.05) is 67.8 Å². The predicted molar refractivity (Wildman–Crippen MR) is 104 cm³/mol. The second-order valence-electron chi connectivity index (χ2n) is 6.36. The molecular weight excluding hydrogens is 400 g/mol. The molecule has 26 heavy (non-hydrogen) atoms. The summed E-state index contributed by atoms with van der Waals surface area (Å²) in [6, 6.07) is 2.99. The molecule has 146 valence electrons. The third kappa shape index (κ3) is 8.70. The van der Waals surface area contributed by atoms with Crippen molar-refractivity contribution in [2.75, 3.05) is 7.11 Å². The van der Waals surface area contributed by atoms with Crippen LogP contribution in [0, 0.1) is 0 Å². The summed E-state index contributed by atoms with van der Waals surface area (Å²) in [5.41, 5.74) is 0.588. The molecule has 0 aliphatic carbocycles. The topological polar surface area (TPSA) is 72.8 Å². The monoisotopic (exact) mass is 428 g/mol. The molecule has 1 aromatic carbocycles. The summed E-state index contributed by atoms with van der Waals surface area (Å²) in [6.45, 7) is 2.20. The number of phenolic OH excluding ortho intramolecular Hbond substituents is 1. The zero-order chi connectivity index (χ0) is 19.4. The normalized spacial score (nSPS) is 10.6. The third-order valence-electron chi connectivity index (χ3n) is 4.14. The molecule has 0 bridgehead atoms. The van der Waals surface area contributed by atoms with E-state index < -0.39 is 11.9 Å². The Hall–Kier alpha value is -1.56. The van der Waals surface area contributed by atoms with Gasteiger partial charge in [-0.25, -0.2) is 0 Å². The van der Waals surface area contributed by atoms with E-state index in [4.69, 9.17) is 9.47 Å². The van der Waals surface area contributed by atoms with Crippen molar-refractivity contribution < 1.29 is 24.2 Å². The number of hydrogen-bond acceptors (Lipinski definition) is 5. The number of ether oxygens (including phenoxy) is 2. The Kier molecular flexibility index (Phi) is 11.0. The van der Waals surface area contributed by atoms with Crippen molar-refractivity contribution in [1.82, 2.24) is 0 Å². The van der Waals surface area contributed by atoms with Crippen LogP contribution in [0.15, 0.2) is 16.6 Å². The van der Waals surface area contributed by atoms with Crippen LogP contribution in [0.3, 0.4) is 0 Å². The van der Waals surface area contributed by atoms with Crippen LogP contribution in [0.4, 0.5) is 0 Å². The number of carbonyl (C=O) groups is 2. The summed E-state index contributed by atoms with van der Waals surface area (Å²) in [7, 11) is 1.43. The minimum atomic E-state index is -0.608. The van der Waals surface area contributed by atoms with E-state index in [0.29, 0.717) is 10.0 Å². The zero-order valence-corrected chi connectivity index (χ0v) is 17.3. The number of unbranched alkanes of at least 4 members (excludes halogenated alkanes) is 7. The summed E-state index contributed by atoms with van der Waals surface area (Å²) in [5, 5.41) is 9.67. The Balaban J connectivity index is 2.27. The highest BCUT2D eigenvalue weighted by atomic mass is 79.9. The standard InChI is InChI=1S/C20H29BrO5/c1-3-4-5-6-7-8-9-10-11-19(23)26-20(24)13-15-12-18(25-2)17(22)14-16(15)21/h12,14,22H,3-11,13H2,1-2H3. The molecule has 0 unspecified atom stereocenters. The smallest absolute Gasteiger partial charge is 0.317 e. The van der Waals surface area contributed by atoms with E-state index in [1.807, 2.05) is 0 Å². The summed E-state index contributed by atoms with van der Waals surface area (Å²) in [4.78, 5) is 23.7. The molecule has 0 spiro atoms. The van der Waals surface area contributed by atoms with Crippen LogP contribution < -0.4 is 4.74 Å². The quantitative estimate of drug-likeness (QED) is 0.277. The number of methoxy groups -OCH3 is 1. The number of phenols is 1. The van der Waals surface area contributed by atoms with Gasteiger partial charge in [-0.15, -0.1) is 0 Å². The lowest BCUT2D eigenvalue weighted by atomic mass is 10.1. The van der Waals surface area contributed by atoms with E-state index in [1.54, 1.807) is 6.07 Å². The average molecular weight is 429 g/mol. The Morgan fingerprint density at radius 2 is 1.62 bits per heavy atom. The molecule has 0 saturated carbocycles. The van der Waals surface area contributed by atoms with Crippen molar-refractivity contribution in [3.8, 4) is 11.5 Å². The van der Waals surface area contributed by atoms with Gasteiger partial charge in [0, 0.05) is 10.9 Å². The van der Waals surface area contributed by atoms with Crippen LogP contribution in [-0.4, -0.2) is 24.2 Å². The van der Waals surface area contributed by atoms with E-state index >= 15 is 0 Å². The van der Waals surface area contributed by atoms with Crippen LogP contribution in [0.1, 0.15) is 70.3 Å². The maximum Gasteiger partial charge on any atom is 0.317 e. The second-order valence-corrected chi connectivity index (χ2v) is 7.22. The molecule has 0 radical (unpaired) electrons. The molecule has 5 nitrogen and oxygen atoms in total. The van der Waals surface area contributed by atoms with Crippen molar-refractivity contribution >= 4 is 27.9 Å². The van der Waals surface area contributed by atoms with Gasteiger partial charge in [0.25, 0.3) is 0 Å². The van der Waals surface area contributed by atoms with Crippen LogP contribution >= 0.6 is 15.9 Å². The molecule has 0 atom stereocenters. The largest absolute Gasteiger partial charge is 0.504 e. The molecule has 0 heterocycles. The first-order valence-corrected chi connectivity index (χ1v) is 10.1. The van der Waals surface area contributed by atoms with Crippen LogP contribution in [-0.2, 0) is 20.7 Å². The minimum absolute atomic E-state index is 0.0257. The van der Waals surface area contributed by atoms with E-state index in [9.17, 15) is 14.7 Å². The fraction of sp³-hybridized carbons (Fsp3) is 0.600. The lowest BCUT2D eigenvalue weighted by Gasteiger charge is -2.09. The second kappa shape index (κ2) is 12.7. The molecule has 1 aromatic rings. The van der Waals surface area contributed by atoms with Crippen LogP contribution in [0.5, 0.6) is 11.5 Å². The Labute approximate surface area is 164 Å². The number of benzene rings is 1. The molecule has 0 aliphatic rings. The van der Waals surface area contributed by atoms with E-state index in [0.717, 1.165) is 19.3 Å². The van der Waals surface area contributed by atoms with Gasteiger partial charge in [0.05, 0.1) is 13.5 Å².